The summed E-state index contributed by atoms with van der Waals surface area (Å²) in [6.07, 6.45) is 0. The van der Waals surface area contributed by atoms with Crippen LogP contribution in [0.15, 0.2) is 461 Å². The lowest BCUT2D eigenvalue weighted by atomic mass is 9.97. The lowest BCUT2D eigenvalue weighted by Gasteiger charge is -2.12. The maximum Gasteiger partial charge on any atom is 0.160 e. The predicted molar refractivity (Wildman–Crippen MR) is 516 cm³/mol. The molecule has 0 bridgehead atoms. The van der Waals surface area contributed by atoms with Crippen molar-refractivity contribution >= 4 is 87.2 Å². The van der Waals surface area contributed by atoms with Crippen LogP contribution in [0, 0.1) is 0 Å². The van der Waals surface area contributed by atoms with Gasteiger partial charge in [0.25, 0.3) is 0 Å². The summed E-state index contributed by atoms with van der Waals surface area (Å²) in [6.45, 7) is 0. The Kier molecular flexibility index (Phi) is 18.1. The molecule has 0 fully saturated rings. The average Bonchev–Trinajstić information content (AvgIpc) is 1.61. The number of nitrogens with zero attached hydrogens (tertiary/aromatic N) is 8. The molecule has 124 heavy (non-hydrogen) atoms. The first-order valence-corrected chi connectivity index (χ1v) is 42.2. The van der Waals surface area contributed by atoms with E-state index in [9.17, 15) is 0 Å². The van der Waals surface area contributed by atoms with Gasteiger partial charge < -0.3 is 18.3 Å². The fourth-order valence-corrected chi connectivity index (χ4v) is 18.6. The largest absolute Gasteiger partial charge is 0.309 e. The molecule has 0 radical (unpaired) electrons. The first-order valence-electron chi connectivity index (χ1n) is 42.2. The van der Waals surface area contributed by atoms with E-state index in [-0.39, 0.29) is 0 Å². The highest BCUT2D eigenvalue weighted by molar-refractivity contribution is 6.19. The summed E-state index contributed by atoms with van der Waals surface area (Å²) >= 11 is 0. The summed E-state index contributed by atoms with van der Waals surface area (Å²) < 4.78 is 9.56. The van der Waals surface area contributed by atoms with E-state index in [0.29, 0.717) is 11.6 Å². The molecule has 0 unspecified atom stereocenters. The van der Waals surface area contributed by atoms with Crippen LogP contribution in [0.1, 0.15) is 0 Å². The monoisotopic (exact) mass is 1580 g/mol. The molecule has 0 aliphatic heterocycles. The van der Waals surface area contributed by atoms with Crippen LogP contribution < -0.4 is 0 Å². The highest BCUT2D eigenvalue weighted by atomic mass is 15.0. The molecule has 580 valence electrons. The van der Waals surface area contributed by atoms with Crippen molar-refractivity contribution in [2.75, 3.05) is 0 Å². The summed E-state index contributed by atoms with van der Waals surface area (Å²) in [4.78, 5) is 20.6. The zero-order valence-corrected chi connectivity index (χ0v) is 67.5. The van der Waals surface area contributed by atoms with E-state index in [0.717, 1.165) is 101 Å². The van der Waals surface area contributed by atoms with Gasteiger partial charge in [-0.1, -0.05) is 340 Å². The molecule has 18 aromatic carbocycles. The van der Waals surface area contributed by atoms with Gasteiger partial charge in [-0.05, 0) is 166 Å². The van der Waals surface area contributed by atoms with Crippen molar-refractivity contribution in [3.8, 4) is 135 Å². The number of hydrogen-bond donors (Lipinski definition) is 0. The van der Waals surface area contributed by atoms with Crippen LogP contribution in [0.5, 0.6) is 0 Å². The molecule has 0 saturated carbocycles. The van der Waals surface area contributed by atoms with E-state index in [1.54, 1.807) is 0 Å². The fraction of sp³-hybridized carbons (Fsp3) is 0. The van der Waals surface area contributed by atoms with Crippen LogP contribution in [0.4, 0.5) is 0 Å². The van der Waals surface area contributed by atoms with Gasteiger partial charge in [-0.3, -0.25) is 0 Å². The Labute approximate surface area is 716 Å². The summed E-state index contributed by atoms with van der Waals surface area (Å²) in [5.74, 6) is 1.39. The summed E-state index contributed by atoms with van der Waals surface area (Å²) in [7, 11) is 0. The smallest absolute Gasteiger partial charge is 0.160 e. The topological polar surface area (TPSA) is 71.3 Å². The minimum Gasteiger partial charge on any atom is -0.309 e. The predicted octanol–water partition coefficient (Wildman–Crippen LogP) is 30.0. The average molecular weight is 1580 g/mol. The molecule has 0 amide bonds. The number of para-hydroxylation sites is 6. The molecule has 6 heterocycles. The quantitative estimate of drug-likeness (QED) is 0.109. The molecule has 24 rings (SSSR count). The van der Waals surface area contributed by atoms with Crippen LogP contribution in [0.25, 0.3) is 222 Å². The van der Waals surface area contributed by atoms with Crippen molar-refractivity contribution in [1.29, 1.82) is 0 Å². The zero-order valence-electron chi connectivity index (χ0n) is 67.5. The van der Waals surface area contributed by atoms with E-state index >= 15 is 0 Å². The van der Waals surface area contributed by atoms with Gasteiger partial charge in [-0.25, -0.2) is 19.9 Å². The standard InChI is InChI=1S/2C58H38N4/c1-4-17-40(18-5-1)50-38-51(41-19-6-2-7-20-41)60-58(59-50)43-22-14-21-42(37-43)47-28-16-32-55-57(47)49-26-11-13-30-53(49)62(55)45-35-33-39(34-36-45)46-27-15-31-54-56(46)48-25-10-12-29-52(48)61(54)44-23-8-3-9-24-44;1-4-16-40(17-5-1)51-38-52(41-18-6-2-7-19-41)60-58(59-51)44-21-14-20-43(36-44)47-26-15-29-55-57(47)50-25-11-13-28-54(50)61(55)46-33-30-39(31-34-46)42-32-35-49-48-24-10-12-27-53(48)62(56(49)37-42)45-22-8-3-9-23-45/h2*1-38H. The van der Waals surface area contributed by atoms with Gasteiger partial charge in [0.05, 0.1) is 66.9 Å². The second-order valence-electron chi connectivity index (χ2n) is 31.6. The summed E-state index contributed by atoms with van der Waals surface area (Å²) in [5, 5.41) is 9.86. The fourth-order valence-electron chi connectivity index (χ4n) is 18.6. The molecule has 0 aliphatic carbocycles. The third-order valence-electron chi connectivity index (χ3n) is 24.3. The normalized spacial score (nSPS) is 11.5. The second kappa shape index (κ2) is 30.9. The van der Waals surface area contributed by atoms with Crippen molar-refractivity contribution < 1.29 is 0 Å². The second-order valence-corrected chi connectivity index (χ2v) is 31.6. The van der Waals surface area contributed by atoms with Crippen LogP contribution >= 0.6 is 0 Å². The molecule has 0 N–H and O–H groups in total. The van der Waals surface area contributed by atoms with Crippen LogP contribution in [-0.4, -0.2) is 38.2 Å². The zero-order chi connectivity index (χ0) is 82.0. The van der Waals surface area contributed by atoms with E-state index in [1.165, 1.54) is 110 Å². The Bertz CT molecular complexity index is 8020. The Morgan fingerprint density at radius 3 is 0.774 bits per heavy atom. The number of aromatic nitrogens is 8. The van der Waals surface area contributed by atoms with Crippen molar-refractivity contribution in [2.24, 2.45) is 0 Å². The van der Waals surface area contributed by atoms with Crippen molar-refractivity contribution in [3.05, 3.63) is 461 Å². The van der Waals surface area contributed by atoms with Gasteiger partial charge in [0, 0.05) is 99.2 Å². The molecule has 0 atom stereocenters. The molecule has 24 aromatic rings. The maximum atomic E-state index is 5.15. The van der Waals surface area contributed by atoms with Gasteiger partial charge in [0.15, 0.2) is 11.6 Å². The lowest BCUT2D eigenvalue weighted by molar-refractivity contribution is 1.18. The Hall–Kier alpha value is -16.7. The third-order valence-corrected chi connectivity index (χ3v) is 24.3. The number of fused-ring (bicyclic) bond motifs is 12. The first kappa shape index (κ1) is 72.5. The minimum atomic E-state index is 0.696. The van der Waals surface area contributed by atoms with Crippen molar-refractivity contribution in [3.63, 3.8) is 0 Å². The molecule has 0 spiro atoms. The third kappa shape index (κ3) is 12.9. The lowest BCUT2D eigenvalue weighted by Crippen LogP contribution is -1.96. The van der Waals surface area contributed by atoms with Crippen LogP contribution in [0.3, 0.4) is 0 Å². The first-order chi connectivity index (χ1) is 61.5. The van der Waals surface area contributed by atoms with E-state index in [2.05, 4.69) is 455 Å². The van der Waals surface area contributed by atoms with Crippen LogP contribution in [0.2, 0.25) is 0 Å². The van der Waals surface area contributed by atoms with Crippen molar-refractivity contribution in [1.82, 2.24) is 38.2 Å². The Balaban J connectivity index is 0.000000143. The number of benzene rings is 18. The van der Waals surface area contributed by atoms with Gasteiger partial charge >= 0.3 is 0 Å². The Morgan fingerprint density at radius 1 is 0.137 bits per heavy atom. The minimum absolute atomic E-state index is 0.696. The molecule has 6 aromatic heterocycles. The molecular weight excluding hydrogens is 1510 g/mol. The van der Waals surface area contributed by atoms with Crippen LogP contribution in [-0.2, 0) is 0 Å². The summed E-state index contributed by atoms with van der Waals surface area (Å²) in [6, 6.07) is 164. The van der Waals surface area contributed by atoms with E-state index in [4.69, 9.17) is 19.9 Å². The molecule has 0 saturated heterocycles. The number of hydrogen-bond acceptors (Lipinski definition) is 4. The maximum absolute atomic E-state index is 5.15. The highest BCUT2D eigenvalue weighted by Gasteiger charge is 2.24. The van der Waals surface area contributed by atoms with Gasteiger partial charge in [0.1, 0.15) is 0 Å². The molecule has 0 aliphatic rings. The number of rotatable bonds is 14. The van der Waals surface area contributed by atoms with E-state index < -0.39 is 0 Å². The molecular formula is C116H76N8. The van der Waals surface area contributed by atoms with Crippen molar-refractivity contribution in [2.45, 2.75) is 0 Å². The Morgan fingerprint density at radius 2 is 0.395 bits per heavy atom. The van der Waals surface area contributed by atoms with Gasteiger partial charge in [-0.15, -0.1) is 0 Å². The summed E-state index contributed by atoms with van der Waals surface area (Å²) in [5.41, 5.74) is 33.1. The van der Waals surface area contributed by atoms with Gasteiger partial charge in [-0.2, -0.15) is 0 Å². The van der Waals surface area contributed by atoms with E-state index in [1.807, 2.05) is 24.3 Å². The SMILES string of the molecule is c1ccc(-c2cc(-c3ccccc3)nc(-c3cccc(-c4cccc5c4c4ccccc4n5-c4ccc(-c5ccc6c7ccccc7n(-c7ccccc7)c6c5)cc4)c3)n2)cc1.c1ccc(-c2cc(-c3ccccc3)nc(-c3cccc(-c4cccc5c4c4ccccc4n5-c4ccc(-c5cccc6c5c5ccccc5n6-c5ccccc5)cc4)c3)n2)cc1. The highest BCUT2D eigenvalue weighted by Crippen LogP contribution is 2.46. The molecule has 8 heteroatoms. The van der Waals surface area contributed by atoms with Gasteiger partial charge in [0.2, 0.25) is 0 Å². The molecule has 8 nitrogen and oxygen atoms in total.